The van der Waals surface area contributed by atoms with E-state index in [1.807, 2.05) is 19.9 Å². The lowest BCUT2D eigenvalue weighted by atomic mass is 9.93. The summed E-state index contributed by atoms with van der Waals surface area (Å²) in [5, 5.41) is 4.32. The van der Waals surface area contributed by atoms with E-state index < -0.39 is 11.4 Å². The molecule has 1 amide bonds. The van der Waals surface area contributed by atoms with Gasteiger partial charge in [-0.3, -0.25) is 9.48 Å². The molecule has 0 aliphatic heterocycles. The van der Waals surface area contributed by atoms with Crippen LogP contribution in [0.15, 0.2) is 6.07 Å². The quantitative estimate of drug-likeness (QED) is 0.757. The van der Waals surface area contributed by atoms with Crippen molar-refractivity contribution in [2.45, 2.75) is 38.8 Å². The summed E-state index contributed by atoms with van der Waals surface area (Å²) in [7, 11) is 0. The molecule has 1 fully saturated rings. The van der Waals surface area contributed by atoms with Gasteiger partial charge in [-0.15, -0.1) is 0 Å². The van der Waals surface area contributed by atoms with E-state index in [9.17, 15) is 4.79 Å². The number of aryl methyl sites for hydroxylation is 2. The van der Waals surface area contributed by atoms with Gasteiger partial charge in [0, 0.05) is 5.69 Å². The molecule has 5 nitrogen and oxygen atoms in total. The van der Waals surface area contributed by atoms with Gasteiger partial charge in [0.05, 0.1) is 12.2 Å². The summed E-state index contributed by atoms with van der Waals surface area (Å²) in [4.78, 5) is 11.5. The van der Waals surface area contributed by atoms with Crippen LogP contribution in [0.3, 0.4) is 0 Å². The zero-order chi connectivity index (χ0) is 11.9. The van der Waals surface area contributed by atoms with Gasteiger partial charge in [0.15, 0.2) is 0 Å². The largest absolute Gasteiger partial charge is 0.368 e. The average Bonchev–Trinajstić information content (AvgIpc) is 2.95. The second kappa shape index (κ2) is 3.59. The molecule has 16 heavy (non-hydrogen) atoms. The highest BCUT2D eigenvalue weighted by Gasteiger charge is 2.47. The number of nitrogens with two attached hydrogens (primary N) is 2. The van der Waals surface area contributed by atoms with Crippen molar-refractivity contribution in [2.75, 3.05) is 0 Å². The standard InChI is InChI=1S/C11H18N4O/c1-7-5-8(2)15(14-7)6-11(13,10(12)16)9-3-4-9/h5,9H,3-4,6,13H2,1-2H3,(H2,12,16). The van der Waals surface area contributed by atoms with E-state index in [-0.39, 0.29) is 5.92 Å². The van der Waals surface area contributed by atoms with Gasteiger partial charge in [-0.2, -0.15) is 5.10 Å². The lowest BCUT2D eigenvalue weighted by Gasteiger charge is -2.26. The first-order valence-electron chi connectivity index (χ1n) is 5.53. The lowest BCUT2D eigenvalue weighted by molar-refractivity contribution is -0.124. The predicted molar refractivity (Wildman–Crippen MR) is 60.5 cm³/mol. The van der Waals surface area contributed by atoms with Gasteiger partial charge in [-0.25, -0.2) is 0 Å². The Morgan fingerprint density at radius 3 is 2.62 bits per heavy atom. The van der Waals surface area contributed by atoms with Crippen molar-refractivity contribution in [3.05, 3.63) is 17.5 Å². The Labute approximate surface area is 94.8 Å². The van der Waals surface area contributed by atoms with E-state index in [4.69, 9.17) is 11.5 Å². The molecule has 0 aromatic carbocycles. The topological polar surface area (TPSA) is 86.9 Å². The van der Waals surface area contributed by atoms with Crippen LogP contribution in [0.4, 0.5) is 0 Å². The second-order valence-electron chi connectivity index (χ2n) is 4.76. The average molecular weight is 222 g/mol. The van der Waals surface area contributed by atoms with Crippen molar-refractivity contribution in [1.29, 1.82) is 0 Å². The number of rotatable bonds is 4. The number of primary amides is 1. The Morgan fingerprint density at radius 2 is 2.25 bits per heavy atom. The van der Waals surface area contributed by atoms with Crippen LogP contribution in [-0.2, 0) is 11.3 Å². The predicted octanol–water partition coefficient (Wildman–Crippen LogP) is 0.0927. The summed E-state index contributed by atoms with van der Waals surface area (Å²) in [5.41, 5.74) is 12.5. The van der Waals surface area contributed by atoms with E-state index in [1.165, 1.54) is 0 Å². The number of nitrogens with zero attached hydrogens (tertiary/aromatic N) is 2. The van der Waals surface area contributed by atoms with Gasteiger partial charge in [-0.1, -0.05) is 0 Å². The molecule has 1 aliphatic rings. The van der Waals surface area contributed by atoms with Crippen molar-refractivity contribution in [2.24, 2.45) is 17.4 Å². The first-order chi connectivity index (χ1) is 7.43. The fourth-order valence-electron chi connectivity index (χ4n) is 2.09. The molecule has 0 radical (unpaired) electrons. The van der Waals surface area contributed by atoms with E-state index >= 15 is 0 Å². The highest BCUT2D eigenvalue weighted by molar-refractivity contribution is 5.85. The van der Waals surface area contributed by atoms with E-state index in [0.29, 0.717) is 6.54 Å². The Morgan fingerprint density at radius 1 is 1.62 bits per heavy atom. The Hall–Kier alpha value is -1.36. The third kappa shape index (κ3) is 1.82. The molecule has 88 valence electrons. The third-order valence-electron chi connectivity index (χ3n) is 3.28. The van der Waals surface area contributed by atoms with Crippen molar-refractivity contribution in [3.8, 4) is 0 Å². The minimum Gasteiger partial charge on any atom is -0.368 e. The zero-order valence-corrected chi connectivity index (χ0v) is 9.73. The van der Waals surface area contributed by atoms with Gasteiger partial charge in [0.1, 0.15) is 5.54 Å². The van der Waals surface area contributed by atoms with Gasteiger partial charge in [-0.05, 0) is 38.7 Å². The number of carbonyl (C=O) groups excluding carboxylic acids is 1. The fourth-order valence-corrected chi connectivity index (χ4v) is 2.09. The van der Waals surface area contributed by atoms with Gasteiger partial charge in [0.2, 0.25) is 5.91 Å². The van der Waals surface area contributed by atoms with Crippen LogP contribution in [0.5, 0.6) is 0 Å². The fraction of sp³-hybridized carbons (Fsp3) is 0.636. The normalized spacial score (nSPS) is 19.4. The molecule has 1 unspecified atom stereocenters. The molecular formula is C11H18N4O. The van der Waals surface area contributed by atoms with E-state index in [2.05, 4.69) is 5.10 Å². The minimum atomic E-state index is -0.941. The van der Waals surface area contributed by atoms with Crippen LogP contribution in [0.25, 0.3) is 0 Å². The maximum atomic E-state index is 11.5. The van der Waals surface area contributed by atoms with Gasteiger partial charge < -0.3 is 11.5 Å². The monoisotopic (exact) mass is 222 g/mol. The van der Waals surface area contributed by atoms with Crippen molar-refractivity contribution in [1.82, 2.24) is 9.78 Å². The van der Waals surface area contributed by atoms with E-state index in [0.717, 1.165) is 24.2 Å². The number of carbonyl (C=O) groups is 1. The highest BCUT2D eigenvalue weighted by Crippen LogP contribution is 2.39. The molecule has 0 bridgehead atoms. The molecule has 1 saturated carbocycles. The highest BCUT2D eigenvalue weighted by atomic mass is 16.1. The molecule has 1 aromatic rings. The molecular weight excluding hydrogens is 204 g/mol. The summed E-state index contributed by atoms with van der Waals surface area (Å²) < 4.78 is 1.78. The van der Waals surface area contributed by atoms with Crippen LogP contribution in [0, 0.1) is 19.8 Å². The number of hydrogen-bond donors (Lipinski definition) is 2. The van der Waals surface area contributed by atoms with Crippen LogP contribution in [0.1, 0.15) is 24.2 Å². The smallest absolute Gasteiger partial charge is 0.239 e. The SMILES string of the molecule is Cc1cc(C)n(CC(N)(C(N)=O)C2CC2)n1. The van der Waals surface area contributed by atoms with Crippen molar-refractivity contribution >= 4 is 5.91 Å². The Kier molecular flexibility index (Phi) is 2.50. The van der Waals surface area contributed by atoms with Crippen molar-refractivity contribution < 1.29 is 4.79 Å². The third-order valence-corrected chi connectivity index (χ3v) is 3.28. The summed E-state index contributed by atoms with van der Waals surface area (Å²) in [6, 6.07) is 1.97. The lowest BCUT2D eigenvalue weighted by Crippen LogP contribution is -2.57. The van der Waals surface area contributed by atoms with Crippen LogP contribution < -0.4 is 11.5 Å². The summed E-state index contributed by atoms with van der Waals surface area (Å²) in [6.07, 6.45) is 1.97. The maximum Gasteiger partial charge on any atom is 0.239 e. The van der Waals surface area contributed by atoms with Gasteiger partial charge in [0.25, 0.3) is 0 Å². The van der Waals surface area contributed by atoms with Crippen LogP contribution in [0.2, 0.25) is 0 Å². The molecule has 1 aliphatic carbocycles. The molecule has 4 N–H and O–H groups in total. The first kappa shape index (κ1) is 11.1. The first-order valence-corrected chi connectivity index (χ1v) is 5.53. The summed E-state index contributed by atoms with van der Waals surface area (Å²) in [6.45, 7) is 4.25. The van der Waals surface area contributed by atoms with E-state index in [1.54, 1.807) is 4.68 Å². The molecule has 5 heteroatoms. The number of hydrogen-bond acceptors (Lipinski definition) is 3. The van der Waals surface area contributed by atoms with Gasteiger partial charge >= 0.3 is 0 Å². The second-order valence-corrected chi connectivity index (χ2v) is 4.76. The Bertz CT molecular complexity index is 422. The Balaban J connectivity index is 2.24. The van der Waals surface area contributed by atoms with Crippen LogP contribution >= 0.6 is 0 Å². The maximum absolute atomic E-state index is 11.5. The summed E-state index contributed by atoms with van der Waals surface area (Å²) >= 11 is 0. The number of amides is 1. The minimum absolute atomic E-state index is 0.217. The molecule has 2 rings (SSSR count). The van der Waals surface area contributed by atoms with Crippen molar-refractivity contribution in [3.63, 3.8) is 0 Å². The number of aromatic nitrogens is 2. The van der Waals surface area contributed by atoms with Crippen LogP contribution in [-0.4, -0.2) is 21.2 Å². The summed E-state index contributed by atoms with van der Waals surface area (Å²) in [5.74, 6) is -0.212. The molecule has 1 atom stereocenters. The molecule has 1 heterocycles. The molecule has 0 saturated heterocycles. The molecule has 0 spiro atoms. The zero-order valence-electron chi connectivity index (χ0n) is 9.73. The molecule has 1 aromatic heterocycles.